The van der Waals surface area contributed by atoms with Crippen LogP contribution in [-0.2, 0) is 4.79 Å². The molecule has 0 aromatic rings. The number of aliphatic imine (C=N–C) groups is 1. The normalized spacial score (nSPS) is 25.6. The Kier molecular flexibility index (Phi) is 3.00. The van der Waals surface area contributed by atoms with Crippen molar-refractivity contribution < 1.29 is 4.79 Å². The Hall–Kier alpha value is -0.920. The maximum atomic E-state index is 12.3. The van der Waals surface area contributed by atoms with Crippen LogP contribution in [0.2, 0.25) is 0 Å². The van der Waals surface area contributed by atoms with Crippen LogP contribution in [0.15, 0.2) is 16.6 Å². The lowest BCUT2D eigenvalue weighted by molar-refractivity contribution is -0.119. The summed E-state index contributed by atoms with van der Waals surface area (Å²) in [4.78, 5) is 16.8. The molecule has 1 fully saturated rings. The lowest BCUT2D eigenvalue weighted by Crippen LogP contribution is -2.37. The molecular weight excluding hydrogens is 198 g/mol. The van der Waals surface area contributed by atoms with E-state index in [1.54, 1.807) is 0 Å². The van der Waals surface area contributed by atoms with E-state index in [0.717, 1.165) is 12.1 Å². The van der Waals surface area contributed by atoms with E-state index in [2.05, 4.69) is 11.1 Å². The maximum Gasteiger partial charge on any atom is 0.182 e. The zero-order valence-electron chi connectivity index (χ0n) is 10.5. The smallest absolute Gasteiger partial charge is 0.182 e. The van der Waals surface area contributed by atoms with Crippen LogP contribution >= 0.6 is 0 Å². The van der Waals surface area contributed by atoms with Crippen molar-refractivity contribution in [1.82, 2.24) is 0 Å². The number of hydrogen-bond donors (Lipinski definition) is 0. The van der Waals surface area contributed by atoms with Crippen molar-refractivity contribution in [2.45, 2.75) is 46.5 Å². The van der Waals surface area contributed by atoms with Gasteiger partial charge in [0, 0.05) is 11.3 Å². The van der Waals surface area contributed by atoms with Gasteiger partial charge in [-0.2, -0.15) is 0 Å². The first-order valence-corrected chi connectivity index (χ1v) is 6.28. The monoisotopic (exact) mass is 219 g/mol. The standard InChI is InChI=1S/C14H21NO/c1-14(2,3)13(16)12-11-7-5-4-6-10(11)8-9-15-12/h8,11H,4-7,9H2,1-3H3. The lowest BCUT2D eigenvalue weighted by Gasteiger charge is -2.31. The average molecular weight is 219 g/mol. The van der Waals surface area contributed by atoms with Crippen LogP contribution in [0.5, 0.6) is 0 Å². The molecule has 88 valence electrons. The molecular formula is C14H21NO. The van der Waals surface area contributed by atoms with Crippen molar-refractivity contribution in [2.24, 2.45) is 16.3 Å². The summed E-state index contributed by atoms with van der Waals surface area (Å²) < 4.78 is 0. The Morgan fingerprint density at radius 3 is 2.81 bits per heavy atom. The topological polar surface area (TPSA) is 29.4 Å². The second kappa shape index (κ2) is 4.15. The number of Topliss-reactive ketones (excluding diaryl/α,β-unsaturated/α-hetero) is 1. The maximum absolute atomic E-state index is 12.3. The molecule has 1 heterocycles. The number of fused-ring (bicyclic) bond motifs is 1. The molecule has 2 aliphatic rings. The zero-order chi connectivity index (χ0) is 11.8. The van der Waals surface area contributed by atoms with Gasteiger partial charge in [-0.15, -0.1) is 0 Å². The van der Waals surface area contributed by atoms with Gasteiger partial charge in [0.25, 0.3) is 0 Å². The molecule has 0 amide bonds. The second-order valence-corrected chi connectivity index (χ2v) is 5.88. The first-order chi connectivity index (χ1) is 7.50. The summed E-state index contributed by atoms with van der Waals surface area (Å²) in [5, 5.41) is 0. The Balaban J connectivity index is 2.22. The fourth-order valence-electron chi connectivity index (χ4n) is 2.58. The van der Waals surface area contributed by atoms with Crippen LogP contribution in [-0.4, -0.2) is 18.0 Å². The first-order valence-electron chi connectivity index (χ1n) is 6.28. The summed E-state index contributed by atoms with van der Waals surface area (Å²) in [6.45, 7) is 6.67. The molecule has 0 saturated heterocycles. The fourth-order valence-corrected chi connectivity index (χ4v) is 2.58. The number of nitrogens with zero attached hydrogens (tertiary/aromatic N) is 1. The van der Waals surface area contributed by atoms with Crippen molar-refractivity contribution in [3.05, 3.63) is 11.6 Å². The fraction of sp³-hybridized carbons (Fsp3) is 0.714. The summed E-state index contributed by atoms with van der Waals surface area (Å²) in [6, 6.07) is 0. The van der Waals surface area contributed by atoms with Gasteiger partial charge in [0.2, 0.25) is 0 Å². The van der Waals surface area contributed by atoms with E-state index in [1.807, 2.05) is 20.8 Å². The highest BCUT2D eigenvalue weighted by Gasteiger charge is 2.34. The van der Waals surface area contributed by atoms with Gasteiger partial charge in [0.15, 0.2) is 5.78 Å². The van der Waals surface area contributed by atoms with E-state index in [-0.39, 0.29) is 11.2 Å². The van der Waals surface area contributed by atoms with E-state index in [4.69, 9.17) is 0 Å². The Bertz CT molecular complexity index is 357. The minimum atomic E-state index is -0.293. The van der Waals surface area contributed by atoms with Crippen LogP contribution < -0.4 is 0 Å². The molecule has 0 aromatic carbocycles. The van der Waals surface area contributed by atoms with E-state index >= 15 is 0 Å². The van der Waals surface area contributed by atoms with E-state index in [0.29, 0.717) is 12.5 Å². The van der Waals surface area contributed by atoms with Gasteiger partial charge in [-0.1, -0.05) is 38.8 Å². The van der Waals surface area contributed by atoms with Crippen LogP contribution in [0.4, 0.5) is 0 Å². The third kappa shape index (κ3) is 2.11. The Labute approximate surface area is 97.8 Å². The molecule has 1 saturated carbocycles. The molecule has 2 nitrogen and oxygen atoms in total. The molecule has 0 N–H and O–H groups in total. The van der Waals surface area contributed by atoms with Gasteiger partial charge in [0.05, 0.1) is 12.3 Å². The summed E-state index contributed by atoms with van der Waals surface area (Å²) >= 11 is 0. The van der Waals surface area contributed by atoms with Crippen LogP contribution in [0, 0.1) is 11.3 Å². The van der Waals surface area contributed by atoms with Gasteiger partial charge in [-0.3, -0.25) is 9.79 Å². The van der Waals surface area contributed by atoms with Gasteiger partial charge in [0.1, 0.15) is 0 Å². The minimum absolute atomic E-state index is 0.241. The van der Waals surface area contributed by atoms with Gasteiger partial charge in [-0.05, 0) is 19.3 Å². The quantitative estimate of drug-likeness (QED) is 0.623. The van der Waals surface area contributed by atoms with Crippen LogP contribution in [0.3, 0.4) is 0 Å². The number of rotatable bonds is 1. The van der Waals surface area contributed by atoms with Crippen LogP contribution in [0.1, 0.15) is 46.5 Å². The lowest BCUT2D eigenvalue weighted by atomic mass is 9.74. The molecule has 1 unspecified atom stereocenters. The van der Waals surface area contributed by atoms with Crippen molar-refractivity contribution >= 4 is 11.5 Å². The van der Waals surface area contributed by atoms with Crippen molar-refractivity contribution in [3.63, 3.8) is 0 Å². The molecule has 1 aliphatic carbocycles. The van der Waals surface area contributed by atoms with Gasteiger partial charge < -0.3 is 0 Å². The summed E-state index contributed by atoms with van der Waals surface area (Å²) in [6.07, 6.45) is 7.02. The van der Waals surface area contributed by atoms with Crippen LogP contribution in [0.25, 0.3) is 0 Å². The molecule has 0 radical (unpaired) electrons. The number of allylic oxidation sites excluding steroid dienone is 1. The zero-order valence-corrected chi connectivity index (χ0v) is 10.5. The van der Waals surface area contributed by atoms with Crippen molar-refractivity contribution in [3.8, 4) is 0 Å². The largest absolute Gasteiger partial charge is 0.292 e. The molecule has 1 atom stereocenters. The summed E-state index contributed by atoms with van der Waals surface area (Å²) in [5.41, 5.74) is 2.03. The SMILES string of the molecule is CC(C)(C)C(=O)C1=NCC=C2CCCCC21. The molecule has 2 rings (SSSR count). The molecule has 0 bridgehead atoms. The highest BCUT2D eigenvalue weighted by Crippen LogP contribution is 2.34. The van der Waals surface area contributed by atoms with Crippen molar-refractivity contribution in [1.29, 1.82) is 0 Å². The molecule has 0 aromatic heterocycles. The highest BCUT2D eigenvalue weighted by molar-refractivity contribution is 6.43. The summed E-state index contributed by atoms with van der Waals surface area (Å²) in [7, 11) is 0. The molecule has 0 spiro atoms. The third-order valence-electron chi connectivity index (χ3n) is 3.51. The molecule has 2 heteroatoms. The van der Waals surface area contributed by atoms with E-state index in [9.17, 15) is 4.79 Å². The van der Waals surface area contributed by atoms with Gasteiger partial charge >= 0.3 is 0 Å². The number of carbonyl (C=O) groups excluding carboxylic acids is 1. The van der Waals surface area contributed by atoms with E-state index < -0.39 is 0 Å². The average Bonchev–Trinajstić information content (AvgIpc) is 2.26. The van der Waals surface area contributed by atoms with E-state index in [1.165, 1.54) is 24.8 Å². The van der Waals surface area contributed by atoms with Gasteiger partial charge in [-0.25, -0.2) is 0 Å². The second-order valence-electron chi connectivity index (χ2n) is 5.88. The number of ketones is 1. The number of hydrogen-bond acceptors (Lipinski definition) is 2. The molecule has 16 heavy (non-hydrogen) atoms. The molecule has 1 aliphatic heterocycles. The highest BCUT2D eigenvalue weighted by atomic mass is 16.1. The number of dihydropyridines is 1. The minimum Gasteiger partial charge on any atom is -0.292 e. The number of carbonyl (C=O) groups is 1. The third-order valence-corrected chi connectivity index (χ3v) is 3.51. The Morgan fingerprint density at radius 2 is 2.12 bits per heavy atom. The predicted octanol–water partition coefficient (Wildman–Crippen LogP) is 3.17. The summed E-state index contributed by atoms with van der Waals surface area (Å²) in [5.74, 6) is 0.583. The Morgan fingerprint density at radius 1 is 1.38 bits per heavy atom. The first kappa shape index (κ1) is 11.6. The van der Waals surface area contributed by atoms with Crippen molar-refractivity contribution in [2.75, 3.05) is 6.54 Å². The predicted molar refractivity (Wildman–Crippen MR) is 66.8 cm³/mol.